The summed E-state index contributed by atoms with van der Waals surface area (Å²) in [7, 11) is 0. The third-order valence-corrected chi connectivity index (χ3v) is 5.28. The van der Waals surface area contributed by atoms with Gasteiger partial charge in [-0.15, -0.1) is 11.3 Å². The van der Waals surface area contributed by atoms with Gasteiger partial charge in [-0.1, -0.05) is 29.8 Å². The van der Waals surface area contributed by atoms with Gasteiger partial charge < -0.3 is 5.11 Å². The minimum absolute atomic E-state index is 0.606. The quantitative estimate of drug-likeness (QED) is 0.833. The van der Waals surface area contributed by atoms with Crippen molar-refractivity contribution >= 4 is 38.9 Å². The predicted molar refractivity (Wildman–Crippen MR) is 77.0 cm³/mol. The fourth-order valence-corrected chi connectivity index (χ4v) is 3.63. The molecule has 0 bridgehead atoms. The maximum Gasteiger partial charge on any atom is 0.114 e. The average Bonchev–Trinajstić information content (AvgIpc) is 2.59. The minimum atomic E-state index is -0.606. The molecule has 0 spiro atoms. The summed E-state index contributed by atoms with van der Waals surface area (Å²) in [4.78, 5) is 0.860. The molecular formula is C13H12BrClOS. The van der Waals surface area contributed by atoms with Gasteiger partial charge in [0, 0.05) is 9.35 Å². The number of hydrogen-bond donors (Lipinski definition) is 1. The molecular weight excluding hydrogens is 320 g/mol. The van der Waals surface area contributed by atoms with Crippen LogP contribution in [0.3, 0.4) is 0 Å². The average molecular weight is 332 g/mol. The summed E-state index contributed by atoms with van der Waals surface area (Å²) in [5.41, 5.74) is 3.16. The number of hydrogen-bond acceptors (Lipinski definition) is 2. The van der Waals surface area contributed by atoms with Crippen molar-refractivity contribution < 1.29 is 5.11 Å². The first-order valence-corrected chi connectivity index (χ1v) is 7.18. The Morgan fingerprint density at radius 3 is 2.35 bits per heavy atom. The summed E-state index contributed by atoms with van der Waals surface area (Å²) in [6, 6.07) is 7.90. The van der Waals surface area contributed by atoms with E-state index < -0.39 is 6.10 Å². The van der Waals surface area contributed by atoms with Crippen LogP contribution in [0, 0.1) is 13.8 Å². The molecule has 1 nitrogen and oxygen atoms in total. The predicted octanol–water partition coefficient (Wildman–Crippen LogP) is 4.86. The van der Waals surface area contributed by atoms with Gasteiger partial charge in [-0.2, -0.15) is 0 Å². The maximum atomic E-state index is 10.4. The largest absolute Gasteiger partial charge is 0.383 e. The SMILES string of the molecule is Cc1cccc(C)c1C(O)c1cc(Br)c(Cl)s1. The van der Waals surface area contributed by atoms with Crippen molar-refractivity contribution in [1.29, 1.82) is 0 Å². The first-order chi connectivity index (χ1) is 8.00. The van der Waals surface area contributed by atoms with Gasteiger partial charge in [0.1, 0.15) is 10.4 Å². The summed E-state index contributed by atoms with van der Waals surface area (Å²) >= 11 is 10.8. The van der Waals surface area contributed by atoms with E-state index in [-0.39, 0.29) is 0 Å². The number of aryl methyl sites for hydroxylation is 2. The standard InChI is InChI=1S/C13H12BrClOS/c1-7-4-3-5-8(2)11(7)12(16)10-6-9(14)13(15)17-10/h3-6,12,16H,1-2H3. The maximum absolute atomic E-state index is 10.4. The fraction of sp³-hybridized carbons (Fsp3) is 0.231. The Balaban J connectivity index is 2.47. The lowest BCUT2D eigenvalue weighted by Crippen LogP contribution is -2.02. The lowest BCUT2D eigenvalue weighted by atomic mass is 9.97. The summed E-state index contributed by atoms with van der Waals surface area (Å²) < 4.78 is 1.51. The van der Waals surface area contributed by atoms with Crippen molar-refractivity contribution in [2.24, 2.45) is 0 Å². The molecule has 0 radical (unpaired) electrons. The van der Waals surface area contributed by atoms with Crippen LogP contribution in [-0.2, 0) is 0 Å². The van der Waals surface area contributed by atoms with E-state index in [0.29, 0.717) is 4.34 Å². The van der Waals surface area contributed by atoms with Crippen molar-refractivity contribution in [1.82, 2.24) is 0 Å². The van der Waals surface area contributed by atoms with Crippen LogP contribution < -0.4 is 0 Å². The smallest absolute Gasteiger partial charge is 0.114 e. The van der Waals surface area contributed by atoms with Crippen LogP contribution in [0.2, 0.25) is 4.34 Å². The monoisotopic (exact) mass is 330 g/mol. The van der Waals surface area contributed by atoms with Crippen LogP contribution in [0.5, 0.6) is 0 Å². The molecule has 2 aromatic rings. The number of aliphatic hydroxyl groups excluding tert-OH is 1. The molecule has 0 saturated carbocycles. The molecule has 0 amide bonds. The molecule has 1 heterocycles. The zero-order chi connectivity index (χ0) is 12.6. The summed E-state index contributed by atoms with van der Waals surface area (Å²) in [5, 5.41) is 10.4. The molecule has 1 aromatic heterocycles. The molecule has 0 fully saturated rings. The van der Waals surface area contributed by atoms with E-state index in [4.69, 9.17) is 11.6 Å². The van der Waals surface area contributed by atoms with Crippen molar-refractivity contribution in [3.63, 3.8) is 0 Å². The van der Waals surface area contributed by atoms with Gasteiger partial charge in [0.2, 0.25) is 0 Å². The number of thiophene rings is 1. The van der Waals surface area contributed by atoms with E-state index in [1.54, 1.807) is 0 Å². The molecule has 17 heavy (non-hydrogen) atoms. The van der Waals surface area contributed by atoms with Gasteiger partial charge in [0.05, 0.1) is 0 Å². The lowest BCUT2D eigenvalue weighted by Gasteiger charge is -2.15. The second kappa shape index (κ2) is 5.11. The number of benzene rings is 1. The second-order valence-corrected chi connectivity index (χ2v) is 6.52. The topological polar surface area (TPSA) is 20.2 Å². The van der Waals surface area contributed by atoms with Gasteiger partial charge in [-0.25, -0.2) is 0 Å². The molecule has 4 heteroatoms. The molecule has 0 aliphatic heterocycles. The van der Waals surface area contributed by atoms with E-state index in [9.17, 15) is 5.11 Å². The third kappa shape index (κ3) is 2.58. The fourth-order valence-electron chi connectivity index (χ4n) is 1.90. The van der Waals surface area contributed by atoms with E-state index in [2.05, 4.69) is 15.9 Å². The molecule has 1 N–H and O–H groups in total. The zero-order valence-corrected chi connectivity index (χ0v) is 12.7. The number of rotatable bonds is 2. The van der Waals surface area contributed by atoms with Gasteiger partial charge in [-0.05, 0) is 52.5 Å². The Morgan fingerprint density at radius 1 is 1.29 bits per heavy atom. The van der Waals surface area contributed by atoms with E-state index >= 15 is 0 Å². The van der Waals surface area contributed by atoms with Gasteiger partial charge >= 0.3 is 0 Å². The normalized spacial score (nSPS) is 12.8. The molecule has 1 unspecified atom stereocenters. The van der Waals surface area contributed by atoms with E-state index in [0.717, 1.165) is 26.0 Å². The van der Waals surface area contributed by atoms with Crippen LogP contribution in [-0.4, -0.2) is 5.11 Å². The van der Waals surface area contributed by atoms with Gasteiger partial charge in [0.25, 0.3) is 0 Å². The first-order valence-electron chi connectivity index (χ1n) is 5.19. The van der Waals surface area contributed by atoms with Gasteiger partial charge in [-0.3, -0.25) is 0 Å². The Kier molecular flexibility index (Phi) is 3.93. The highest BCUT2D eigenvalue weighted by Gasteiger charge is 2.18. The van der Waals surface area contributed by atoms with Crippen molar-refractivity contribution in [2.75, 3.05) is 0 Å². The lowest BCUT2D eigenvalue weighted by molar-refractivity contribution is 0.222. The zero-order valence-electron chi connectivity index (χ0n) is 9.50. The van der Waals surface area contributed by atoms with Crippen molar-refractivity contribution in [3.05, 3.63) is 54.6 Å². The Hall–Kier alpha value is -0.350. The van der Waals surface area contributed by atoms with Crippen LogP contribution in [0.25, 0.3) is 0 Å². The van der Waals surface area contributed by atoms with Crippen LogP contribution in [0.4, 0.5) is 0 Å². The Bertz CT molecular complexity index is 511. The highest BCUT2D eigenvalue weighted by Crippen LogP contribution is 2.38. The molecule has 1 atom stereocenters. The van der Waals surface area contributed by atoms with Crippen LogP contribution >= 0.6 is 38.9 Å². The third-order valence-electron chi connectivity index (χ3n) is 2.75. The summed E-state index contributed by atoms with van der Waals surface area (Å²) in [6.45, 7) is 4.02. The molecule has 0 saturated heterocycles. The second-order valence-electron chi connectivity index (χ2n) is 3.98. The first kappa shape index (κ1) is 13.1. The minimum Gasteiger partial charge on any atom is -0.383 e. The highest BCUT2D eigenvalue weighted by molar-refractivity contribution is 9.10. The Labute approximate surface area is 118 Å². The van der Waals surface area contributed by atoms with Crippen molar-refractivity contribution in [2.45, 2.75) is 20.0 Å². The molecule has 1 aromatic carbocycles. The van der Waals surface area contributed by atoms with E-state index in [1.807, 2.05) is 38.1 Å². The molecule has 0 aliphatic carbocycles. The summed E-state index contributed by atoms with van der Waals surface area (Å²) in [5.74, 6) is 0. The number of halogens is 2. The van der Waals surface area contributed by atoms with E-state index in [1.165, 1.54) is 11.3 Å². The molecule has 2 rings (SSSR count). The number of aliphatic hydroxyl groups is 1. The van der Waals surface area contributed by atoms with Crippen LogP contribution in [0.1, 0.15) is 27.7 Å². The van der Waals surface area contributed by atoms with Crippen LogP contribution in [0.15, 0.2) is 28.7 Å². The van der Waals surface area contributed by atoms with Crippen molar-refractivity contribution in [3.8, 4) is 0 Å². The summed E-state index contributed by atoms with van der Waals surface area (Å²) in [6.07, 6.45) is -0.606. The van der Waals surface area contributed by atoms with Gasteiger partial charge in [0.15, 0.2) is 0 Å². The molecule has 90 valence electrons. The highest BCUT2D eigenvalue weighted by atomic mass is 79.9. The molecule has 0 aliphatic rings. The Morgan fingerprint density at radius 2 is 1.88 bits per heavy atom.